The summed E-state index contributed by atoms with van der Waals surface area (Å²) in [5.74, 6) is 0. The van der Waals surface area contributed by atoms with Crippen molar-refractivity contribution in [1.29, 1.82) is 0 Å². The Kier molecular flexibility index (Phi) is 21.0. The molecule has 0 radical (unpaired) electrons. The second kappa shape index (κ2) is 9.33. The van der Waals surface area contributed by atoms with E-state index in [9.17, 15) is 0 Å². The van der Waals surface area contributed by atoms with E-state index in [1.54, 1.807) is 0 Å². The van der Waals surface area contributed by atoms with E-state index >= 15 is 0 Å². The molecule has 0 amide bonds. The van der Waals surface area contributed by atoms with E-state index < -0.39 is 0 Å². The normalized spacial score (nSPS) is 10.7. The fraction of sp³-hybridized carbons (Fsp3) is 1.00. The van der Waals surface area contributed by atoms with Crippen molar-refractivity contribution in [1.82, 2.24) is 0 Å². The Morgan fingerprint density at radius 2 is 1.57 bits per heavy atom. The molecule has 0 heterocycles. The second-order valence-electron chi connectivity index (χ2n) is 1.21. The zero-order valence-electron chi connectivity index (χ0n) is 3.44. The molecule has 0 bridgehead atoms. The Balaban J connectivity index is -0.0000000800. The van der Waals surface area contributed by atoms with Gasteiger partial charge >= 0.3 is 0 Å². The van der Waals surface area contributed by atoms with Crippen LogP contribution in [0.5, 0.6) is 0 Å². The SMILES string of the molecule is C.C.CC(N)CN. The van der Waals surface area contributed by atoms with Crippen LogP contribution >= 0.6 is 0 Å². The summed E-state index contributed by atoms with van der Waals surface area (Å²) in [5, 5.41) is 0. The lowest BCUT2D eigenvalue weighted by molar-refractivity contribution is 0.752. The van der Waals surface area contributed by atoms with Gasteiger partial charge in [-0.3, -0.25) is 0 Å². The average molecular weight is 106 g/mol. The Morgan fingerprint density at radius 3 is 1.57 bits per heavy atom. The van der Waals surface area contributed by atoms with Crippen molar-refractivity contribution in [3.8, 4) is 0 Å². The van der Waals surface area contributed by atoms with Crippen molar-refractivity contribution in [3.63, 3.8) is 0 Å². The summed E-state index contributed by atoms with van der Waals surface area (Å²) >= 11 is 0. The smallest absolute Gasteiger partial charge is 0.0134 e. The highest BCUT2D eigenvalue weighted by molar-refractivity contribution is 4.48. The maximum atomic E-state index is 5.17. The van der Waals surface area contributed by atoms with E-state index in [4.69, 9.17) is 11.5 Å². The van der Waals surface area contributed by atoms with Crippen LogP contribution in [0.15, 0.2) is 0 Å². The molecular weight excluding hydrogens is 88.1 g/mol. The van der Waals surface area contributed by atoms with Crippen LogP contribution in [-0.2, 0) is 0 Å². The number of hydrogen-bond acceptors (Lipinski definition) is 2. The molecule has 0 rings (SSSR count). The van der Waals surface area contributed by atoms with Gasteiger partial charge in [0.15, 0.2) is 0 Å². The van der Waals surface area contributed by atoms with Crippen LogP contribution in [0.4, 0.5) is 0 Å². The highest BCUT2D eigenvalue weighted by atomic mass is 14.7. The van der Waals surface area contributed by atoms with Crippen LogP contribution in [0.1, 0.15) is 21.8 Å². The minimum absolute atomic E-state index is 0. The molecule has 0 aromatic carbocycles. The van der Waals surface area contributed by atoms with Gasteiger partial charge in [0.1, 0.15) is 0 Å². The van der Waals surface area contributed by atoms with Crippen LogP contribution < -0.4 is 11.5 Å². The molecule has 0 aromatic rings. The van der Waals surface area contributed by atoms with Crippen molar-refractivity contribution in [2.45, 2.75) is 27.8 Å². The largest absolute Gasteiger partial charge is 0.329 e. The van der Waals surface area contributed by atoms with E-state index in [0.717, 1.165) is 0 Å². The Morgan fingerprint density at radius 1 is 1.43 bits per heavy atom. The molecule has 0 spiro atoms. The van der Waals surface area contributed by atoms with E-state index in [2.05, 4.69) is 0 Å². The summed E-state index contributed by atoms with van der Waals surface area (Å²) in [6.45, 7) is 2.46. The summed E-state index contributed by atoms with van der Waals surface area (Å²) < 4.78 is 0. The molecule has 1 atom stereocenters. The van der Waals surface area contributed by atoms with Crippen molar-refractivity contribution in [3.05, 3.63) is 0 Å². The number of nitrogens with two attached hydrogens (primary N) is 2. The Bertz CT molecular complexity index is 20.0. The van der Waals surface area contributed by atoms with Gasteiger partial charge in [-0.05, 0) is 6.92 Å². The molecule has 0 aromatic heterocycles. The van der Waals surface area contributed by atoms with E-state index in [1.807, 2.05) is 6.92 Å². The van der Waals surface area contributed by atoms with E-state index in [0.29, 0.717) is 6.54 Å². The Hall–Kier alpha value is -0.0800. The molecule has 0 aliphatic rings. The lowest BCUT2D eigenvalue weighted by Crippen LogP contribution is -2.25. The summed E-state index contributed by atoms with van der Waals surface area (Å²) in [6, 6.07) is 0.162. The minimum Gasteiger partial charge on any atom is -0.329 e. The van der Waals surface area contributed by atoms with Gasteiger partial charge < -0.3 is 11.5 Å². The molecule has 0 aliphatic carbocycles. The van der Waals surface area contributed by atoms with Crippen molar-refractivity contribution >= 4 is 0 Å². The predicted molar refractivity (Wildman–Crippen MR) is 36.2 cm³/mol. The standard InChI is InChI=1S/C3H10N2.2CH4/c1-3(5)2-4;;/h3H,2,4-5H2,1H3;2*1H4. The van der Waals surface area contributed by atoms with Gasteiger partial charge in [-0.2, -0.15) is 0 Å². The van der Waals surface area contributed by atoms with Crippen LogP contribution in [0.3, 0.4) is 0 Å². The molecule has 1 unspecified atom stereocenters. The van der Waals surface area contributed by atoms with E-state index in [1.165, 1.54) is 0 Å². The first-order valence-corrected chi connectivity index (χ1v) is 1.73. The third-order valence-corrected chi connectivity index (χ3v) is 0.372. The lowest BCUT2D eigenvalue weighted by Gasteiger charge is -1.92. The minimum atomic E-state index is 0. The first-order chi connectivity index (χ1) is 2.27. The van der Waals surface area contributed by atoms with Gasteiger partial charge in [-0.1, -0.05) is 14.9 Å². The third kappa shape index (κ3) is 24.7. The van der Waals surface area contributed by atoms with Crippen LogP contribution in [-0.4, -0.2) is 12.6 Å². The molecule has 0 fully saturated rings. The van der Waals surface area contributed by atoms with Gasteiger partial charge in [0.2, 0.25) is 0 Å². The van der Waals surface area contributed by atoms with Crippen molar-refractivity contribution in [2.75, 3.05) is 6.54 Å². The Labute approximate surface area is 46.9 Å². The molecule has 0 aliphatic heterocycles. The summed E-state index contributed by atoms with van der Waals surface area (Å²) in [4.78, 5) is 0. The van der Waals surface area contributed by atoms with Gasteiger partial charge in [0.25, 0.3) is 0 Å². The van der Waals surface area contributed by atoms with E-state index in [-0.39, 0.29) is 20.9 Å². The van der Waals surface area contributed by atoms with Gasteiger partial charge in [-0.15, -0.1) is 0 Å². The third-order valence-electron chi connectivity index (χ3n) is 0.372. The molecule has 0 saturated carbocycles. The van der Waals surface area contributed by atoms with Crippen molar-refractivity contribution < 1.29 is 0 Å². The molecule has 48 valence electrons. The highest BCUT2D eigenvalue weighted by Crippen LogP contribution is 1.59. The van der Waals surface area contributed by atoms with Gasteiger partial charge in [0, 0.05) is 12.6 Å². The quantitative estimate of drug-likeness (QED) is 0.513. The van der Waals surface area contributed by atoms with Crippen molar-refractivity contribution in [2.24, 2.45) is 11.5 Å². The molecule has 0 saturated heterocycles. The topological polar surface area (TPSA) is 52.0 Å². The molecule has 2 heteroatoms. The monoisotopic (exact) mass is 106 g/mol. The fourth-order valence-electron chi connectivity index (χ4n) is 0. The first kappa shape index (κ1) is 15.8. The molecule has 7 heavy (non-hydrogen) atoms. The van der Waals surface area contributed by atoms with Gasteiger partial charge in [0.05, 0.1) is 0 Å². The first-order valence-electron chi connectivity index (χ1n) is 1.73. The summed E-state index contributed by atoms with van der Waals surface area (Å²) in [7, 11) is 0. The van der Waals surface area contributed by atoms with Crippen LogP contribution in [0, 0.1) is 0 Å². The maximum Gasteiger partial charge on any atom is 0.0134 e. The molecule has 2 nitrogen and oxygen atoms in total. The highest BCUT2D eigenvalue weighted by Gasteiger charge is 1.79. The zero-order chi connectivity index (χ0) is 4.28. The fourth-order valence-corrected chi connectivity index (χ4v) is 0. The number of hydrogen-bond donors (Lipinski definition) is 2. The predicted octanol–water partition coefficient (Wildman–Crippen LogP) is 0.565. The molecular formula is C5H18N2. The number of rotatable bonds is 1. The van der Waals surface area contributed by atoms with Gasteiger partial charge in [-0.25, -0.2) is 0 Å². The molecule has 4 N–H and O–H groups in total. The second-order valence-corrected chi connectivity index (χ2v) is 1.21. The van der Waals surface area contributed by atoms with Crippen LogP contribution in [0.2, 0.25) is 0 Å². The summed E-state index contributed by atoms with van der Waals surface area (Å²) in [5.41, 5.74) is 10.2. The average Bonchev–Trinajstić information content (AvgIpc) is 1.38. The van der Waals surface area contributed by atoms with Crippen LogP contribution in [0.25, 0.3) is 0 Å². The zero-order valence-corrected chi connectivity index (χ0v) is 3.44. The maximum absolute atomic E-state index is 5.17. The lowest BCUT2D eigenvalue weighted by atomic mass is 10.4. The summed E-state index contributed by atoms with van der Waals surface area (Å²) in [6.07, 6.45) is 0.